The summed E-state index contributed by atoms with van der Waals surface area (Å²) in [5.74, 6) is 0.428. The number of amidine groups is 1. The highest BCUT2D eigenvalue weighted by Gasteiger charge is 2.02. The summed E-state index contributed by atoms with van der Waals surface area (Å²) in [6, 6.07) is 16.9. The number of halogens is 2. The molecule has 0 atom stereocenters. The Balaban J connectivity index is 0.00000144. The maximum Gasteiger partial charge on any atom is 0.132 e. The highest BCUT2D eigenvalue weighted by atomic mass is 35.5. The van der Waals surface area contributed by atoms with E-state index in [1.165, 1.54) is 0 Å². The second-order valence-electron chi connectivity index (χ2n) is 3.31. The molecule has 0 bridgehead atoms. The van der Waals surface area contributed by atoms with E-state index >= 15 is 0 Å². The molecule has 88 valence electrons. The van der Waals surface area contributed by atoms with E-state index in [-0.39, 0.29) is 12.4 Å². The van der Waals surface area contributed by atoms with Crippen LogP contribution in [0.4, 0.5) is 5.69 Å². The lowest BCUT2D eigenvalue weighted by Crippen LogP contribution is -2.13. The standard InChI is InChI=1S/C13H11ClN2.ClH/c14-12-9-5-4-8-11(12)13(15)16-10-6-2-1-3-7-10;/h1-9H,(H2,15,16);1H. The summed E-state index contributed by atoms with van der Waals surface area (Å²) in [6.45, 7) is 0. The summed E-state index contributed by atoms with van der Waals surface area (Å²) < 4.78 is 0. The zero-order valence-electron chi connectivity index (χ0n) is 9.01. The van der Waals surface area contributed by atoms with Gasteiger partial charge < -0.3 is 5.73 Å². The summed E-state index contributed by atoms with van der Waals surface area (Å²) in [6.07, 6.45) is 0. The van der Waals surface area contributed by atoms with Gasteiger partial charge in [-0.1, -0.05) is 41.9 Å². The molecular weight excluding hydrogens is 255 g/mol. The maximum atomic E-state index is 6.02. The van der Waals surface area contributed by atoms with Crippen molar-refractivity contribution in [3.8, 4) is 0 Å². The van der Waals surface area contributed by atoms with Crippen molar-refractivity contribution in [1.29, 1.82) is 0 Å². The van der Waals surface area contributed by atoms with Crippen LogP contribution in [0.5, 0.6) is 0 Å². The Bertz CT molecular complexity index is 510. The Morgan fingerprint density at radius 1 is 0.941 bits per heavy atom. The van der Waals surface area contributed by atoms with Crippen LogP contribution in [-0.4, -0.2) is 5.84 Å². The van der Waals surface area contributed by atoms with Crippen molar-refractivity contribution in [3.63, 3.8) is 0 Å². The third-order valence-electron chi connectivity index (χ3n) is 2.16. The molecule has 2 aromatic rings. The monoisotopic (exact) mass is 266 g/mol. The normalized spacial score (nSPS) is 10.8. The number of hydrogen-bond acceptors (Lipinski definition) is 1. The Hall–Kier alpha value is -1.51. The third-order valence-corrected chi connectivity index (χ3v) is 2.49. The molecule has 2 N–H and O–H groups in total. The van der Waals surface area contributed by atoms with E-state index in [9.17, 15) is 0 Å². The van der Waals surface area contributed by atoms with Crippen LogP contribution in [0.1, 0.15) is 5.56 Å². The molecular formula is C13H12Cl2N2. The number of nitrogens with zero attached hydrogens (tertiary/aromatic N) is 1. The summed E-state index contributed by atoms with van der Waals surface area (Å²) in [5, 5.41) is 0.611. The summed E-state index contributed by atoms with van der Waals surface area (Å²) in [5.41, 5.74) is 7.47. The second-order valence-corrected chi connectivity index (χ2v) is 3.72. The first-order valence-corrected chi connectivity index (χ1v) is 5.29. The van der Waals surface area contributed by atoms with Crippen LogP contribution in [0.3, 0.4) is 0 Å². The minimum atomic E-state index is 0. The van der Waals surface area contributed by atoms with Crippen molar-refractivity contribution >= 4 is 35.5 Å². The van der Waals surface area contributed by atoms with E-state index < -0.39 is 0 Å². The van der Waals surface area contributed by atoms with E-state index in [0.29, 0.717) is 10.9 Å². The lowest BCUT2D eigenvalue weighted by Gasteiger charge is -2.03. The van der Waals surface area contributed by atoms with Gasteiger partial charge in [-0.3, -0.25) is 0 Å². The highest BCUT2D eigenvalue weighted by Crippen LogP contribution is 2.17. The summed E-state index contributed by atoms with van der Waals surface area (Å²) >= 11 is 6.02. The molecule has 0 fully saturated rings. The largest absolute Gasteiger partial charge is 0.383 e. The van der Waals surface area contributed by atoms with E-state index in [0.717, 1.165) is 11.3 Å². The highest BCUT2D eigenvalue weighted by molar-refractivity contribution is 6.34. The number of hydrogen-bond donors (Lipinski definition) is 1. The van der Waals surface area contributed by atoms with Gasteiger partial charge in [-0.05, 0) is 24.3 Å². The fraction of sp³-hybridized carbons (Fsp3) is 0. The lowest BCUT2D eigenvalue weighted by molar-refractivity contribution is 1.45. The maximum absolute atomic E-state index is 6.02. The zero-order valence-corrected chi connectivity index (χ0v) is 10.6. The van der Waals surface area contributed by atoms with Gasteiger partial charge in [0.2, 0.25) is 0 Å². The summed E-state index contributed by atoms with van der Waals surface area (Å²) in [7, 11) is 0. The molecule has 0 heterocycles. The molecule has 0 saturated heterocycles. The lowest BCUT2D eigenvalue weighted by atomic mass is 10.2. The first-order valence-electron chi connectivity index (χ1n) is 4.91. The van der Waals surface area contributed by atoms with Crippen molar-refractivity contribution in [2.24, 2.45) is 10.7 Å². The topological polar surface area (TPSA) is 38.4 Å². The van der Waals surface area contributed by atoms with Crippen LogP contribution in [0, 0.1) is 0 Å². The van der Waals surface area contributed by atoms with Gasteiger partial charge in [-0.15, -0.1) is 12.4 Å². The SMILES string of the molecule is Cl.NC(=Nc1ccccc1)c1ccccc1Cl. The van der Waals surface area contributed by atoms with Crippen molar-refractivity contribution in [1.82, 2.24) is 0 Å². The molecule has 0 spiro atoms. The van der Waals surface area contributed by atoms with Crippen LogP contribution < -0.4 is 5.73 Å². The number of aliphatic imine (C=N–C) groups is 1. The van der Waals surface area contributed by atoms with Gasteiger partial charge in [0.25, 0.3) is 0 Å². The quantitative estimate of drug-likeness (QED) is 0.652. The van der Waals surface area contributed by atoms with Crippen LogP contribution in [0.2, 0.25) is 5.02 Å². The van der Waals surface area contributed by atoms with Gasteiger partial charge in [-0.2, -0.15) is 0 Å². The first kappa shape index (κ1) is 13.6. The fourth-order valence-electron chi connectivity index (χ4n) is 1.37. The van der Waals surface area contributed by atoms with Crippen LogP contribution in [-0.2, 0) is 0 Å². The Morgan fingerprint density at radius 3 is 2.18 bits per heavy atom. The molecule has 0 unspecified atom stereocenters. The minimum Gasteiger partial charge on any atom is -0.383 e. The molecule has 2 nitrogen and oxygen atoms in total. The van der Waals surface area contributed by atoms with Gasteiger partial charge in [0.15, 0.2) is 0 Å². The predicted octanol–water partition coefficient (Wildman–Crippen LogP) is 3.80. The molecule has 0 aliphatic heterocycles. The van der Waals surface area contributed by atoms with Crippen molar-refractivity contribution in [2.75, 3.05) is 0 Å². The molecule has 0 radical (unpaired) electrons. The minimum absolute atomic E-state index is 0. The van der Waals surface area contributed by atoms with Gasteiger partial charge in [-0.25, -0.2) is 4.99 Å². The van der Waals surface area contributed by atoms with E-state index in [4.69, 9.17) is 17.3 Å². The molecule has 0 amide bonds. The third kappa shape index (κ3) is 3.48. The average Bonchev–Trinajstić information content (AvgIpc) is 2.31. The molecule has 4 heteroatoms. The molecule has 0 aliphatic carbocycles. The number of benzene rings is 2. The van der Waals surface area contributed by atoms with Crippen molar-refractivity contribution in [3.05, 3.63) is 65.2 Å². The molecule has 0 saturated carbocycles. The van der Waals surface area contributed by atoms with Crippen LogP contribution in [0.15, 0.2) is 59.6 Å². The molecule has 2 rings (SSSR count). The van der Waals surface area contributed by atoms with Gasteiger partial charge >= 0.3 is 0 Å². The second kappa shape index (κ2) is 6.28. The van der Waals surface area contributed by atoms with Gasteiger partial charge in [0.1, 0.15) is 5.84 Å². The predicted molar refractivity (Wildman–Crippen MR) is 75.5 cm³/mol. The Morgan fingerprint density at radius 2 is 1.53 bits per heavy atom. The van der Waals surface area contributed by atoms with E-state index in [1.54, 1.807) is 6.07 Å². The number of nitrogens with two attached hydrogens (primary N) is 1. The molecule has 2 aromatic carbocycles. The smallest absolute Gasteiger partial charge is 0.132 e. The fourth-order valence-corrected chi connectivity index (χ4v) is 1.60. The van der Waals surface area contributed by atoms with Crippen LogP contribution in [0.25, 0.3) is 0 Å². The van der Waals surface area contributed by atoms with Crippen molar-refractivity contribution < 1.29 is 0 Å². The molecule has 0 aliphatic rings. The van der Waals surface area contributed by atoms with Gasteiger partial charge in [0.05, 0.1) is 10.7 Å². The summed E-state index contributed by atoms with van der Waals surface area (Å²) in [4.78, 5) is 4.30. The van der Waals surface area contributed by atoms with E-state index in [2.05, 4.69) is 4.99 Å². The number of rotatable bonds is 2. The molecule has 0 aromatic heterocycles. The Kier molecular flexibility index (Phi) is 5.01. The van der Waals surface area contributed by atoms with Crippen molar-refractivity contribution in [2.45, 2.75) is 0 Å². The van der Waals surface area contributed by atoms with Gasteiger partial charge in [0, 0.05) is 5.56 Å². The first-order chi connectivity index (χ1) is 7.77. The average molecular weight is 267 g/mol. The number of para-hydroxylation sites is 1. The van der Waals surface area contributed by atoms with Crippen LogP contribution >= 0.6 is 24.0 Å². The zero-order chi connectivity index (χ0) is 11.4. The van der Waals surface area contributed by atoms with E-state index in [1.807, 2.05) is 48.5 Å². The molecule has 17 heavy (non-hydrogen) atoms. The Labute approximate surface area is 112 Å².